The van der Waals surface area contributed by atoms with Crippen LogP contribution in [0.1, 0.15) is 110 Å². The second-order valence-corrected chi connectivity index (χ2v) is 13.8. The Hall–Kier alpha value is -6.42. The molecule has 0 radical (unpaired) electrons. The second-order valence-electron chi connectivity index (χ2n) is 13.8. The Morgan fingerprint density at radius 1 is 0.517 bits per heavy atom. The van der Waals surface area contributed by atoms with Gasteiger partial charge in [-0.05, 0) is 97.8 Å². The maximum Gasteiger partial charge on any atom is 0.343 e. The van der Waals surface area contributed by atoms with Crippen molar-refractivity contribution in [3.05, 3.63) is 131 Å². The van der Waals surface area contributed by atoms with E-state index in [9.17, 15) is 19.8 Å². The van der Waals surface area contributed by atoms with Crippen LogP contribution in [0.4, 0.5) is 11.4 Å². The number of rotatable bonds is 22. The molecule has 0 bridgehead atoms. The number of carbonyl (C=O) groups is 2. The molecule has 0 aliphatic rings. The summed E-state index contributed by atoms with van der Waals surface area (Å²) in [5.74, 6) is 0.185. The van der Waals surface area contributed by atoms with Gasteiger partial charge in [0.15, 0.2) is 11.5 Å². The summed E-state index contributed by atoms with van der Waals surface area (Å²) in [5, 5.41) is 21.0. The highest BCUT2D eigenvalue weighted by molar-refractivity contribution is 5.94. The van der Waals surface area contributed by atoms with Crippen LogP contribution in [0, 0.1) is 0 Å². The molecule has 58 heavy (non-hydrogen) atoms. The van der Waals surface area contributed by atoms with Crippen LogP contribution < -0.4 is 18.9 Å². The Balaban J connectivity index is 1.11. The fourth-order valence-electron chi connectivity index (χ4n) is 5.83. The Bertz CT molecular complexity index is 1980. The van der Waals surface area contributed by atoms with Crippen molar-refractivity contribution in [1.82, 2.24) is 0 Å². The molecular weight excluding hydrogens is 733 g/mol. The average molecular weight is 785 g/mol. The van der Waals surface area contributed by atoms with Crippen LogP contribution in [0.25, 0.3) is 0 Å². The van der Waals surface area contributed by atoms with Gasteiger partial charge in [0.25, 0.3) is 0 Å². The van der Waals surface area contributed by atoms with E-state index in [0.717, 1.165) is 25.7 Å². The van der Waals surface area contributed by atoms with E-state index in [0.29, 0.717) is 47.2 Å². The molecule has 0 spiro atoms. The van der Waals surface area contributed by atoms with E-state index in [2.05, 4.69) is 23.8 Å². The fraction of sp³-hybridized carbons (Fsp3) is 0.292. The topological polar surface area (TPSA) is 136 Å². The zero-order valence-electron chi connectivity index (χ0n) is 33.3. The Morgan fingerprint density at radius 3 is 1.29 bits per heavy atom. The normalized spacial score (nSPS) is 11.2. The molecule has 0 saturated heterocycles. The summed E-state index contributed by atoms with van der Waals surface area (Å²) in [6, 6.07) is 29.6. The average Bonchev–Trinajstić information content (AvgIpc) is 3.23. The van der Waals surface area contributed by atoms with E-state index in [1.54, 1.807) is 109 Å². The predicted octanol–water partition coefficient (Wildman–Crippen LogP) is 11.7. The highest BCUT2D eigenvalue weighted by Gasteiger charge is 2.16. The van der Waals surface area contributed by atoms with Gasteiger partial charge >= 0.3 is 11.9 Å². The quantitative estimate of drug-likeness (QED) is 0.0306. The summed E-state index contributed by atoms with van der Waals surface area (Å²) in [4.78, 5) is 35.0. The van der Waals surface area contributed by atoms with Crippen molar-refractivity contribution >= 4 is 35.7 Å². The largest absolute Gasteiger partial charge is 0.507 e. The lowest BCUT2D eigenvalue weighted by Crippen LogP contribution is -2.12. The minimum Gasteiger partial charge on any atom is -0.507 e. The number of phenols is 2. The molecule has 5 aromatic carbocycles. The number of aliphatic imine (C=N–C) groups is 2. The Kier molecular flexibility index (Phi) is 16.9. The minimum atomic E-state index is -0.647. The van der Waals surface area contributed by atoms with E-state index in [1.807, 2.05) is 0 Å². The van der Waals surface area contributed by atoms with Gasteiger partial charge in [-0.3, -0.25) is 9.98 Å². The van der Waals surface area contributed by atoms with Gasteiger partial charge in [0.1, 0.15) is 23.0 Å². The summed E-state index contributed by atoms with van der Waals surface area (Å²) in [5.41, 5.74) is 2.72. The van der Waals surface area contributed by atoms with Crippen LogP contribution in [0.3, 0.4) is 0 Å². The number of unbranched alkanes of at least 4 members (excludes halogenated alkanes) is 8. The third kappa shape index (κ3) is 13.7. The van der Waals surface area contributed by atoms with Crippen molar-refractivity contribution in [2.24, 2.45) is 9.98 Å². The molecule has 0 fully saturated rings. The van der Waals surface area contributed by atoms with E-state index >= 15 is 0 Å². The molecule has 2 N–H and O–H groups in total. The van der Waals surface area contributed by atoms with E-state index < -0.39 is 11.9 Å². The Labute approximate surface area is 340 Å². The number of hydrogen-bond acceptors (Lipinski definition) is 10. The van der Waals surface area contributed by atoms with Gasteiger partial charge in [-0.2, -0.15) is 0 Å². The lowest BCUT2D eigenvalue weighted by Gasteiger charge is -2.10. The monoisotopic (exact) mass is 784 g/mol. The molecule has 0 saturated carbocycles. The van der Waals surface area contributed by atoms with Gasteiger partial charge in [0, 0.05) is 35.7 Å². The number of hydrogen-bond donors (Lipinski definition) is 2. The van der Waals surface area contributed by atoms with E-state index in [-0.39, 0.29) is 34.1 Å². The fourth-order valence-corrected chi connectivity index (χ4v) is 5.83. The van der Waals surface area contributed by atoms with Crippen molar-refractivity contribution in [1.29, 1.82) is 0 Å². The molecule has 0 unspecified atom stereocenters. The van der Waals surface area contributed by atoms with Gasteiger partial charge < -0.3 is 29.2 Å². The predicted molar refractivity (Wildman–Crippen MR) is 228 cm³/mol. The number of ether oxygens (including phenoxy) is 4. The maximum absolute atomic E-state index is 13.1. The molecule has 0 amide bonds. The molecule has 0 aromatic heterocycles. The third-order valence-corrected chi connectivity index (χ3v) is 9.20. The number of benzene rings is 5. The summed E-state index contributed by atoms with van der Waals surface area (Å²) in [6.45, 7) is 5.58. The zero-order valence-corrected chi connectivity index (χ0v) is 33.3. The van der Waals surface area contributed by atoms with Crippen LogP contribution in [-0.2, 0) is 0 Å². The second kappa shape index (κ2) is 23.0. The lowest BCUT2D eigenvalue weighted by atomic mass is 10.1. The van der Waals surface area contributed by atoms with E-state index in [4.69, 9.17) is 18.9 Å². The first kappa shape index (κ1) is 42.7. The summed E-state index contributed by atoms with van der Waals surface area (Å²) in [6.07, 6.45) is 14.5. The van der Waals surface area contributed by atoms with Gasteiger partial charge in [-0.25, -0.2) is 9.59 Å². The van der Waals surface area contributed by atoms with E-state index in [1.165, 1.54) is 50.7 Å². The number of esters is 2. The van der Waals surface area contributed by atoms with Crippen LogP contribution >= 0.6 is 0 Å². The molecule has 0 aliphatic heterocycles. The molecular formula is C48H52N2O8. The van der Waals surface area contributed by atoms with Crippen molar-refractivity contribution in [3.8, 4) is 34.5 Å². The standard InChI is InChI=1S/C48H52N2O8/c1-3-5-7-9-13-29-55-41-27-21-37(43(51)31-41)33-49-39-23-17-35(18-24-39)47(53)57-45-15-11-12-16-46(45)58-48(54)36-19-25-40(26-20-36)50-34-38-22-28-42(32-44(38)52)56-30-14-10-8-6-4-2/h11-12,15-28,31-34,51-52H,3-10,13-14,29-30H2,1-2H3. The van der Waals surface area contributed by atoms with Crippen molar-refractivity contribution < 1.29 is 38.7 Å². The van der Waals surface area contributed by atoms with Crippen LogP contribution in [-0.4, -0.2) is 47.8 Å². The Morgan fingerprint density at radius 2 is 0.914 bits per heavy atom. The number of aromatic hydroxyl groups is 2. The van der Waals surface area contributed by atoms with Crippen LogP contribution in [0.5, 0.6) is 34.5 Å². The van der Waals surface area contributed by atoms with Gasteiger partial charge in [0.05, 0.1) is 35.7 Å². The molecule has 0 aliphatic carbocycles. The molecule has 0 heterocycles. The number of para-hydroxylation sites is 2. The van der Waals surface area contributed by atoms with Crippen molar-refractivity contribution in [3.63, 3.8) is 0 Å². The van der Waals surface area contributed by atoms with Crippen molar-refractivity contribution in [2.75, 3.05) is 13.2 Å². The van der Waals surface area contributed by atoms with Gasteiger partial charge in [0.2, 0.25) is 0 Å². The minimum absolute atomic E-state index is 0.0576. The summed E-state index contributed by atoms with van der Waals surface area (Å²) < 4.78 is 22.8. The summed E-state index contributed by atoms with van der Waals surface area (Å²) >= 11 is 0. The van der Waals surface area contributed by atoms with Gasteiger partial charge in [-0.1, -0.05) is 77.3 Å². The summed E-state index contributed by atoms with van der Waals surface area (Å²) in [7, 11) is 0. The van der Waals surface area contributed by atoms with Crippen LogP contribution in [0.15, 0.2) is 119 Å². The molecule has 302 valence electrons. The van der Waals surface area contributed by atoms with Crippen molar-refractivity contribution in [2.45, 2.75) is 78.1 Å². The first-order valence-corrected chi connectivity index (χ1v) is 20.1. The maximum atomic E-state index is 13.1. The third-order valence-electron chi connectivity index (χ3n) is 9.20. The number of phenolic OH excluding ortho intramolecular Hbond substituents is 2. The molecule has 5 aromatic rings. The molecule has 5 rings (SSSR count). The highest BCUT2D eigenvalue weighted by Crippen LogP contribution is 2.30. The SMILES string of the molecule is CCCCCCCOc1ccc(C=Nc2ccc(C(=O)Oc3ccccc3OC(=O)c3ccc(N=Cc4ccc(OCCCCCCC)cc4O)cc3)cc2)c(O)c1. The highest BCUT2D eigenvalue weighted by atomic mass is 16.6. The molecule has 10 heteroatoms. The lowest BCUT2D eigenvalue weighted by molar-refractivity contribution is 0.0682. The zero-order chi connectivity index (χ0) is 41.0. The first-order valence-electron chi connectivity index (χ1n) is 20.1. The smallest absolute Gasteiger partial charge is 0.343 e. The molecule has 0 atom stereocenters. The molecule has 10 nitrogen and oxygen atoms in total. The number of carbonyl (C=O) groups excluding carboxylic acids is 2. The number of nitrogens with zero attached hydrogens (tertiary/aromatic N) is 2. The first-order chi connectivity index (χ1) is 28.3. The van der Waals surface area contributed by atoms with Gasteiger partial charge in [-0.15, -0.1) is 0 Å². The van der Waals surface area contributed by atoms with Crippen LogP contribution in [0.2, 0.25) is 0 Å².